The first-order valence-electron chi connectivity index (χ1n) is 10.1. The molecule has 162 valence electrons. The molecule has 1 aliphatic carbocycles. The van der Waals surface area contributed by atoms with E-state index in [0.717, 1.165) is 45.9 Å². The number of ether oxygens (including phenoxy) is 1. The van der Waals surface area contributed by atoms with Crippen LogP contribution in [-0.4, -0.2) is 61.8 Å². The summed E-state index contributed by atoms with van der Waals surface area (Å²) in [5.74, 6) is 0. The summed E-state index contributed by atoms with van der Waals surface area (Å²) < 4.78 is 5.48. The van der Waals surface area contributed by atoms with Crippen molar-refractivity contribution in [3.05, 3.63) is 33.8 Å². The molecule has 2 fully saturated rings. The van der Waals surface area contributed by atoms with E-state index < -0.39 is 0 Å². The van der Waals surface area contributed by atoms with E-state index in [0.29, 0.717) is 16.1 Å². The molecular weight excluding hydrogens is 438 g/mol. The molecule has 0 spiro atoms. The molecule has 28 heavy (non-hydrogen) atoms. The smallest absolute Gasteiger partial charge is 0.0595 e. The molecule has 2 aliphatic rings. The normalized spacial score (nSPS) is 20.0. The Kier molecular flexibility index (Phi) is 11.5. The molecule has 3 nitrogen and oxygen atoms in total. The lowest BCUT2D eigenvalue weighted by molar-refractivity contribution is 0.0215. The summed E-state index contributed by atoms with van der Waals surface area (Å²) in [5, 5.41) is 1.33. The summed E-state index contributed by atoms with van der Waals surface area (Å²) in [4.78, 5) is 5.22. The number of hydrogen-bond donors (Lipinski definition) is 0. The molecule has 0 amide bonds. The van der Waals surface area contributed by atoms with Gasteiger partial charge in [-0.25, -0.2) is 0 Å². The molecule has 0 N–H and O–H groups in total. The molecule has 1 aromatic rings. The van der Waals surface area contributed by atoms with Crippen molar-refractivity contribution in [3.63, 3.8) is 0 Å². The zero-order valence-corrected chi connectivity index (χ0v) is 20.1. The lowest BCUT2D eigenvalue weighted by atomic mass is 9.60. The number of rotatable bonds is 8. The van der Waals surface area contributed by atoms with Crippen molar-refractivity contribution in [2.45, 2.75) is 51.0 Å². The van der Waals surface area contributed by atoms with Gasteiger partial charge in [-0.1, -0.05) is 42.6 Å². The number of halogens is 4. The topological polar surface area (TPSA) is 15.7 Å². The van der Waals surface area contributed by atoms with Crippen molar-refractivity contribution >= 4 is 48.0 Å². The highest BCUT2D eigenvalue weighted by atomic mass is 35.5. The second kappa shape index (κ2) is 12.2. The van der Waals surface area contributed by atoms with Gasteiger partial charge in [0.1, 0.15) is 0 Å². The van der Waals surface area contributed by atoms with Gasteiger partial charge in [-0.15, -0.1) is 24.8 Å². The average molecular weight is 472 g/mol. The summed E-state index contributed by atoms with van der Waals surface area (Å²) >= 11 is 12.5. The van der Waals surface area contributed by atoms with Crippen LogP contribution < -0.4 is 0 Å². The molecule has 7 heteroatoms. The minimum atomic E-state index is 0. The van der Waals surface area contributed by atoms with Gasteiger partial charge in [0.25, 0.3) is 0 Å². The van der Waals surface area contributed by atoms with Gasteiger partial charge in [-0.05, 0) is 50.4 Å². The van der Waals surface area contributed by atoms with Gasteiger partial charge in [0.05, 0.1) is 23.3 Å². The Morgan fingerprint density at radius 2 is 1.79 bits per heavy atom. The lowest BCUT2D eigenvalue weighted by Crippen LogP contribution is -2.55. The first kappa shape index (κ1) is 26.3. The van der Waals surface area contributed by atoms with E-state index in [4.69, 9.17) is 27.9 Å². The van der Waals surface area contributed by atoms with Crippen LogP contribution in [0.4, 0.5) is 0 Å². The number of nitrogens with zero attached hydrogens (tertiary/aromatic N) is 2. The van der Waals surface area contributed by atoms with Crippen LogP contribution in [0.25, 0.3) is 0 Å². The van der Waals surface area contributed by atoms with E-state index in [9.17, 15) is 0 Å². The molecule has 1 unspecified atom stereocenters. The Hall–Kier alpha value is 0.260. The molecule has 1 saturated carbocycles. The van der Waals surface area contributed by atoms with Crippen LogP contribution in [0, 0.1) is 0 Å². The quantitative estimate of drug-likeness (QED) is 0.484. The van der Waals surface area contributed by atoms with Gasteiger partial charge in [0.15, 0.2) is 0 Å². The van der Waals surface area contributed by atoms with E-state index in [2.05, 4.69) is 35.8 Å². The SMILES string of the molecule is CCCN(CCN1CCOCC1)C(C)C1(c2ccc(Cl)c(Cl)c2)CCC1.Cl.Cl. The van der Waals surface area contributed by atoms with E-state index in [1.54, 1.807) is 0 Å². The van der Waals surface area contributed by atoms with Crippen molar-refractivity contribution in [1.82, 2.24) is 9.80 Å². The number of hydrogen-bond acceptors (Lipinski definition) is 3. The fraction of sp³-hybridized carbons (Fsp3) is 0.714. The highest BCUT2D eigenvalue weighted by Gasteiger charge is 2.45. The fourth-order valence-corrected chi connectivity index (χ4v) is 4.84. The third-order valence-corrected chi connectivity index (χ3v) is 7.14. The van der Waals surface area contributed by atoms with Gasteiger partial charge in [-0.3, -0.25) is 9.80 Å². The second-order valence-electron chi connectivity index (χ2n) is 7.80. The highest BCUT2D eigenvalue weighted by molar-refractivity contribution is 6.42. The van der Waals surface area contributed by atoms with Gasteiger partial charge < -0.3 is 4.74 Å². The Morgan fingerprint density at radius 3 is 2.32 bits per heavy atom. The maximum atomic E-state index is 6.35. The van der Waals surface area contributed by atoms with E-state index in [1.807, 2.05) is 6.07 Å². The summed E-state index contributed by atoms with van der Waals surface area (Å²) in [5.41, 5.74) is 1.58. The Balaban J connectivity index is 0.00000196. The van der Waals surface area contributed by atoms with Crippen LogP contribution in [0.2, 0.25) is 10.0 Å². The van der Waals surface area contributed by atoms with E-state index >= 15 is 0 Å². The van der Waals surface area contributed by atoms with E-state index in [-0.39, 0.29) is 30.2 Å². The summed E-state index contributed by atoms with van der Waals surface area (Å²) in [6.45, 7) is 12.0. The Bertz CT molecular complexity index is 592. The van der Waals surface area contributed by atoms with Crippen molar-refractivity contribution in [2.24, 2.45) is 0 Å². The van der Waals surface area contributed by atoms with Gasteiger partial charge in [-0.2, -0.15) is 0 Å². The molecule has 1 atom stereocenters. The van der Waals surface area contributed by atoms with Crippen LogP contribution in [0.3, 0.4) is 0 Å². The molecule has 0 bridgehead atoms. The van der Waals surface area contributed by atoms with Crippen molar-refractivity contribution in [1.29, 1.82) is 0 Å². The van der Waals surface area contributed by atoms with Crippen LogP contribution in [0.5, 0.6) is 0 Å². The third-order valence-electron chi connectivity index (χ3n) is 6.41. The fourth-order valence-electron chi connectivity index (χ4n) is 4.54. The maximum Gasteiger partial charge on any atom is 0.0595 e. The Morgan fingerprint density at radius 1 is 1.11 bits per heavy atom. The van der Waals surface area contributed by atoms with Crippen LogP contribution >= 0.6 is 48.0 Å². The first-order chi connectivity index (χ1) is 12.6. The minimum Gasteiger partial charge on any atom is -0.379 e. The van der Waals surface area contributed by atoms with Crippen molar-refractivity contribution in [2.75, 3.05) is 45.9 Å². The predicted octanol–water partition coefficient (Wildman–Crippen LogP) is 5.69. The van der Waals surface area contributed by atoms with Crippen molar-refractivity contribution < 1.29 is 4.74 Å². The third kappa shape index (κ3) is 5.91. The van der Waals surface area contributed by atoms with Crippen molar-refractivity contribution in [3.8, 4) is 0 Å². The van der Waals surface area contributed by atoms with Gasteiger partial charge in [0.2, 0.25) is 0 Å². The van der Waals surface area contributed by atoms with Crippen LogP contribution in [0.1, 0.15) is 45.1 Å². The van der Waals surface area contributed by atoms with Gasteiger partial charge in [0, 0.05) is 37.6 Å². The lowest BCUT2D eigenvalue weighted by Gasteiger charge is -2.51. The van der Waals surface area contributed by atoms with Crippen LogP contribution in [0.15, 0.2) is 18.2 Å². The average Bonchev–Trinajstić information content (AvgIpc) is 2.61. The zero-order valence-electron chi connectivity index (χ0n) is 17.0. The van der Waals surface area contributed by atoms with E-state index in [1.165, 1.54) is 31.2 Å². The minimum absolute atomic E-state index is 0. The standard InChI is InChI=1S/C21H32Cl2N2O.2ClH/c1-3-9-25(11-10-24-12-14-26-15-13-24)17(2)21(7-4-8-21)18-5-6-19(22)20(23)16-18;;/h5-6,16-17H,3-4,7-15H2,1-2H3;2*1H. The monoisotopic (exact) mass is 470 g/mol. The molecule has 3 rings (SSSR count). The molecular formula is C21H34Cl4N2O. The highest BCUT2D eigenvalue weighted by Crippen LogP contribution is 2.49. The second-order valence-corrected chi connectivity index (χ2v) is 8.62. The molecule has 1 aliphatic heterocycles. The number of benzene rings is 1. The largest absolute Gasteiger partial charge is 0.379 e. The summed E-state index contributed by atoms with van der Waals surface area (Å²) in [6, 6.07) is 6.76. The molecule has 1 aromatic carbocycles. The molecule has 1 heterocycles. The number of morpholine rings is 1. The molecule has 1 saturated heterocycles. The molecule has 0 radical (unpaired) electrons. The zero-order chi connectivity index (χ0) is 18.6. The first-order valence-corrected chi connectivity index (χ1v) is 10.8. The summed E-state index contributed by atoms with van der Waals surface area (Å²) in [6.07, 6.45) is 4.96. The Labute approximate surface area is 192 Å². The van der Waals surface area contributed by atoms with Gasteiger partial charge >= 0.3 is 0 Å². The summed E-state index contributed by atoms with van der Waals surface area (Å²) in [7, 11) is 0. The van der Waals surface area contributed by atoms with Crippen LogP contribution in [-0.2, 0) is 10.2 Å². The predicted molar refractivity (Wildman–Crippen MR) is 125 cm³/mol. The maximum absolute atomic E-state index is 6.35. The molecule has 0 aromatic heterocycles.